The number of rotatable bonds is 10. The molecular formula is C25H27NO3. The Morgan fingerprint density at radius 3 is 2.45 bits per heavy atom. The van der Waals surface area contributed by atoms with E-state index in [-0.39, 0.29) is 18.9 Å². The van der Waals surface area contributed by atoms with E-state index in [0.29, 0.717) is 6.61 Å². The van der Waals surface area contributed by atoms with Crippen molar-refractivity contribution in [1.29, 1.82) is 0 Å². The minimum atomic E-state index is -0.172. The molecule has 29 heavy (non-hydrogen) atoms. The number of aliphatic hydroxyl groups is 1. The average Bonchev–Trinajstić information content (AvgIpc) is 2.74. The lowest BCUT2D eigenvalue weighted by Crippen LogP contribution is -2.12. The van der Waals surface area contributed by atoms with Crippen LogP contribution in [-0.2, 0) is 24.2 Å². The zero-order valence-electron chi connectivity index (χ0n) is 16.5. The van der Waals surface area contributed by atoms with Gasteiger partial charge in [-0.1, -0.05) is 60.7 Å². The predicted octanol–water partition coefficient (Wildman–Crippen LogP) is 4.76. The van der Waals surface area contributed by atoms with E-state index in [4.69, 9.17) is 9.84 Å². The zero-order chi connectivity index (χ0) is 20.3. The number of aliphatic hydroxyl groups excluding tert-OH is 1. The first-order valence-electron chi connectivity index (χ1n) is 9.99. The smallest absolute Gasteiger partial charge is 0.226 e. The topological polar surface area (TPSA) is 58.6 Å². The second-order valence-corrected chi connectivity index (χ2v) is 6.96. The van der Waals surface area contributed by atoms with Crippen molar-refractivity contribution in [1.82, 2.24) is 0 Å². The molecule has 4 nitrogen and oxygen atoms in total. The SMILES string of the molecule is O=C(CCO)Nc1cccc(CCCc2ccccc2OCc2ccccc2)c1. The Balaban J connectivity index is 1.53. The van der Waals surface area contributed by atoms with Crippen molar-refractivity contribution in [2.45, 2.75) is 32.3 Å². The molecule has 150 valence electrons. The van der Waals surface area contributed by atoms with Gasteiger partial charge in [-0.2, -0.15) is 0 Å². The maximum absolute atomic E-state index is 11.6. The highest BCUT2D eigenvalue weighted by Crippen LogP contribution is 2.22. The molecule has 3 aromatic carbocycles. The number of ether oxygens (including phenoxy) is 1. The summed E-state index contributed by atoms with van der Waals surface area (Å²) in [7, 11) is 0. The molecule has 3 rings (SSSR count). The summed E-state index contributed by atoms with van der Waals surface area (Å²) in [6, 6.07) is 26.2. The Labute approximate surface area is 172 Å². The summed E-state index contributed by atoms with van der Waals surface area (Å²) < 4.78 is 6.04. The third kappa shape index (κ3) is 6.77. The van der Waals surface area contributed by atoms with E-state index in [1.54, 1.807) is 0 Å². The molecule has 0 spiro atoms. The molecular weight excluding hydrogens is 362 g/mol. The molecule has 0 saturated heterocycles. The van der Waals surface area contributed by atoms with Crippen LogP contribution in [0.3, 0.4) is 0 Å². The first kappa shape index (κ1) is 20.6. The van der Waals surface area contributed by atoms with Gasteiger partial charge in [-0.25, -0.2) is 0 Å². The van der Waals surface area contributed by atoms with E-state index in [2.05, 4.69) is 29.6 Å². The Hall–Kier alpha value is -3.11. The van der Waals surface area contributed by atoms with Gasteiger partial charge in [-0.15, -0.1) is 0 Å². The van der Waals surface area contributed by atoms with E-state index in [9.17, 15) is 4.79 Å². The van der Waals surface area contributed by atoms with Gasteiger partial charge < -0.3 is 15.2 Å². The number of hydrogen-bond donors (Lipinski definition) is 2. The molecule has 0 aliphatic rings. The van der Waals surface area contributed by atoms with Crippen LogP contribution >= 0.6 is 0 Å². The lowest BCUT2D eigenvalue weighted by atomic mass is 10.0. The molecule has 3 aromatic rings. The van der Waals surface area contributed by atoms with Gasteiger partial charge >= 0.3 is 0 Å². The van der Waals surface area contributed by atoms with Crippen LogP contribution in [0.2, 0.25) is 0 Å². The van der Waals surface area contributed by atoms with E-state index in [1.165, 1.54) is 11.1 Å². The van der Waals surface area contributed by atoms with Crippen molar-refractivity contribution >= 4 is 11.6 Å². The fourth-order valence-electron chi connectivity index (χ4n) is 3.20. The number of benzene rings is 3. The van der Waals surface area contributed by atoms with Crippen LogP contribution in [0.15, 0.2) is 78.9 Å². The number of carbonyl (C=O) groups is 1. The fourth-order valence-corrected chi connectivity index (χ4v) is 3.20. The van der Waals surface area contributed by atoms with Gasteiger partial charge in [0.15, 0.2) is 0 Å². The first-order chi connectivity index (χ1) is 14.2. The summed E-state index contributed by atoms with van der Waals surface area (Å²) in [4.78, 5) is 11.6. The normalized spacial score (nSPS) is 10.5. The van der Waals surface area contributed by atoms with Gasteiger partial charge in [0.1, 0.15) is 12.4 Å². The summed E-state index contributed by atoms with van der Waals surface area (Å²) in [6.45, 7) is 0.421. The summed E-state index contributed by atoms with van der Waals surface area (Å²) in [6.07, 6.45) is 2.94. The van der Waals surface area contributed by atoms with Crippen LogP contribution < -0.4 is 10.1 Å². The van der Waals surface area contributed by atoms with Gasteiger partial charge in [0, 0.05) is 5.69 Å². The van der Waals surface area contributed by atoms with Gasteiger partial charge in [-0.3, -0.25) is 4.79 Å². The number of nitrogens with one attached hydrogen (secondary N) is 1. The highest BCUT2D eigenvalue weighted by atomic mass is 16.5. The highest BCUT2D eigenvalue weighted by molar-refractivity contribution is 5.90. The van der Waals surface area contributed by atoms with Gasteiger partial charge in [0.05, 0.1) is 13.0 Å². The van der Waals surface area contributed by atoms with Crippen LogP contribution in [0.1, 0.15) is 29.5 Å². The Bertz CT molecular complexity index is 909. The summed E-state index contributed by atoms with van der Waals surface area (Å²) in [5.74, 6) is 0.760. The number of carbonyl (C=O) groups excluding carboxylic acids is 1. The molecule has 0 saturated carbocycles. The molecule has 4 heteroatoms. The van der Waals surface area contributed by atoms with E-state index >= 15 is 0 Å². The number of hydrogen-bond acceptors (Lipinski definition) is 3. The minimum absolute atomic E-state index is 0.115. The molecule has 0 atom stereocenters. The standard InChI is InChI=1S/C25H27NO3/c27-17-16-25(28)26-23-14-7-11-20(18-23)10-6-13-22-12-4-5-15-24(22)29-19-21-8-2-1-3-9-21/h1-5,7-9,11-12,14-15,18,27H,6,10,13,16-17,19H2,(H,26,28). The molecule has 0 aliphatic carbocycles. The van der Waals surface area contributed by atoms with Crippen LogP contribution in [0.25, 0.3) is 0 Å². The molecule has 0 aliphatic heterocycles. The second-order valence-electron chi connectivity index (χ2n) is 6.96. The molecule has 0 heterocycles. The van der Waals surface area contributed by atoms with Crippen LogP contribution in [0.5, 0.6) is 5.75 Å². The van der Waals surface area contributed by atoms with E-state index in [1.807, 2.05) is 54.6 Å². The van der Waals surface area contributed by atoms with Gasteiger partial charge in [-0.05, 0) is 54.2 Å². The summed E-state index contributed by atoms with van der Waals surface area (Å²) in [5.41, 5.74) is 4.31. The van der Waals surface area contributed by atoms with Crippen LogP contribution in [0.4, 0.5) is 5.69 Å². The van der Waals surface area contributed by atoms with Crippen LogP contribution in [0, 0.1) is 0 Å². The number of amides is 1. The van der Waals surface area contributed by atoms with Crippen LogP contribution in [-0.4, -0.2) is 17.6 Å². The summed E-state index contributed by atoms with van der Waals surface area (Å²) in [5, 5.41) is 11.7. The van der Waals surface area contributed by atoms with Crippen molar-refractivity contribution < 1.29 is 14.6 Å². The summed E-state index contributed by atoms with van der Waals surface area (Å²) >= 11 is 0. The molecule has 0 bridgehead atoms. The maximum Gasteiger partial charge on any atom is 0.226 e. The third-order valence-corrected chi connectivity index (χ3v) is 4.67. The van der Waals surface area contributed by atoms with Gasteiger partial charge in [0.25, 0.3) is 0 Å². The average molecular weight is 389 g/mol. The Kier molecular flexibility index (Phi) is 7.84. The van der Waals surface area contributed by atoms with E-state index < -0.39 is 0 Å². The monoisotopic (exact) mass is 389 g/mol. The van der Waals surface area contributed by atoms with Crippen molar-refractivity contribution in [3.05, 3.63) is 95.6 Å². The van der Waals surface area contributed by atoms with Crippen molar-refractivity contribution in [2.75, 3.05) is 11.9 Å². The quantitative estimate of drug-likeness (QED) is 0.525. The fraction of sp³-hybridized carbons (Fsp3) is 0.240. The molecule has 0 aromatic heterocycles. The van der Waals surface area contributed by atoms with E-state index in [0.717, 1.165) is 36.3 Å². The molecule has 0 unspecified atom stereocenters. The third-order valence-electron chi connectivity index (χ3n) is 4.67. The van der Waals surface area contributed by atoms with Crippen molar-refractivity contribution in [3.8, 4) is 5.75 Å². The number of para-hydroxylation sites is 1. The largest absolute Gasteiger partial charge is 0.489 e. The minimum Gasteiger partial charge on any atom is -0.489 e. The van der Waals surface area contributed by atoms with Crippen molar-refractivity contribution in [2.24, 2.45) is 0 Å². The lowest BCUT2D eigenvalue weighted by molar-refractivity contribution is -0.116. The highest BCUT2D eigenvalue weighted by Gasteiger charge is 2.05. The Morgan fingerprint density at radius 2 is 1.62 bits per heavy atom. The Morgan fingerprint density at radius 1 is 0.862 bits per heavy atom. The van der Waals surface area contributed by atoms with Gasteiger partial charge in [0.2, 0.25) is 5.91 Å². The molecule has 0 radical (unpaired) electrons. The predicted molar refractivity (Wildman–Crippen MR) is 116 cm³/mol. The molecule has 1 amide bonds. The molecule has 2 N–H and O–H groups in total. The zero-order valence-corrected chi connectivity index (χ0v) is 16.5. The molecule has 0 fully saturated rings. The number of anilines is 1. The lowest BCUT2D eigenvalue weighted by Gasteiger charge is -2.12. The maximum atomic E-state index is 11.6. The number of aryl methyl sites for hydroxylation is 2. The van der Waals surface area contributed by atoms with Crippen molar-refractivity contribution in [3.63, 3.8) is 0 Å². The first-order valence-corrected chi connectivity index (χ1v) is 9.99. The second kappa shape index (κ2) is 11.0.